The van der Waals surface area contributed by atoms with Gasteiger partial charge in [-0.05, 0) is 80.8 Å². The minimum atomic E-state index is -3.60. The molecule has 7 rings (SSSR count). The number of piperidine rings is 1. The first-order valence-electron chi connectivity index (χ1n) is 11.5. The monoisotopic (exact) mass is 427 g/mol. The number of sulfonamides is 1. The van der Waals surface area contributed by atoms with Crippen molar-refractivity contribution in [3.8, 4) is 0 Å². The van der Waals surface area contributed by atoms with Crippen molar-refractivity contribution in [1.82, 2.24) is 10.2 Å². The van der Waals surface area contributed by atoms with Gasteiger partial charge in [0.2, 0.25) is 5.91 Å². The Morgan fingerprint density at radius 3 is 2.27 bits per heavy atom. The van der Waals surface area contributed by atoms with Gasteiger partial charge in [-0.2, -0.15) is 8.42 Å². The van der Waals surface area contributed by atoms with Gasteiger partial charge in [0.15, 0.2) is 5.84 Å². The summed E-state index contributed by atoms with van der Waals surface area (Å²) >= 11 is 0. The third kappa shape index (κ3) is 3.00. The van der Waals surface area contributed by atoms with Gasteiger partial charge in [-0.25, -0.2) is 0 Å². The fourth-order valence-electron chi connectivity index (χ4n) is 7.11. The van der Waals surface area contributed by atoms with Gasteiger partial charge in [0.05, 0.1) is 0 Å². The summed E-state index contributed by atoms with van der Waals surface area (Å²) in [6, 6.07) is 7.41. The maximum absolute atomic E-state index is 13.1. The number of amides is 1. The summed E-state index contributed by atoms with van der Waals surface area (Å²) < 4.78 is 28.7. The molecule has 4 saturated carbocycles. The number of likely N-dealkylation sites (tertiary alicyclic amines) is 1. The molecule has 2 aliphatic heterocycles. The van der Waals surface area contributed by atoms with E-state index in [0.29, 0.717) is 47.3 Å². The Bertz CT molecular complexity index is 982. The number of fused-ring (bicyclic) bond motifs is 1. The smallest absolute Gasteiger partial charge is 0.285 e. The molecule has 4 bridgehead atoms. The van der Waals surface area contributed by atoms with Crippen LogP contribution in [-0.4, -0.2) is 44.2 Å². The lowest BCUT2D eigenvalue weighted by molar-refractivity contribution is -0.130. The topological polar surface area (TPSA) is 78.8 Å². The normalized spacial score (nSPS) is 36.5. The van der Waals surface area contributed by atoms with Crippen LogP contribution in [0.2, 0.25) is 0 Å². The molecule has 0 aromatic heterocycles. The summed E-state index contributed by atoms with van der Waals surface area (Å²) in [6.45, 7) is 1.34. The highest BCUT2D eigenvalue weighted by molar-refractivity contribution is 7.90. The van der Waals surface area contributed by atoms with E-state index in [1.54, 1.807) is 12.1 Å². The van der Waals surface area contributed by atoms with E-state index in [9.17, 15) is 13.2 Å². The molecule has 4 aliphatic carbocycles. The number of benzene rings is 1. The van der Waals surface area contributed by atoms with E-state index < -0.39 is 10.0 Å². The molecule has 2 heterocycles. The summed E-state index contributed by atoms with van der Waals surface area (Å²) in [6.07, 6.45) is 8.16. The fourth-order valence-corrected chi connectivity index (χ4v) is 8.34. The Morgan fingerprint density at radius 1 is 0.967 bits per heavy atom. The van der Waals surface area contributed by atoms with Crippen LogP contribution in [0.5, 0.6) is 0 Å². The first-order chi connectivity index (χ1) is 14.5. The lowest BCUT2D eigenvalue weighted by Crippen LogP contribution is -2.57. The predicted molar refractivity (Wildman–Crippen MR) is 113 cm³/mol. The van der Waals surface area contributed by atoms with Gasteiger partial charge in [-0.1, -0.05) is 12.1 Å². The first-order valence-corrected chi connectivity index (χ1v) is 12.9. The zero-order valence-corrected chi connectivity index (χ0v) is 18.0. The van der Waals surface area contributed by atoms with Gasteiger partial charge in [-0.3, -0.25) is 4.79 Å². The number of hydrogen-bond donors (Lipinski definition) is 1. The van der Waals surface area contributed by atoms with Crippen LogP contribution in [-0.2, 0) is 14.8 Å². The average molecular weight is 428 g/mol. The summed E-state index contributed by atoms with van der Waals surface area (Å²) in [5, 5.41) is 3.46. The summed E-state index contributed by atoms with van der Waals surface area (Å²) in [5.74, 6) is 4.00. The van der Waals surface area contributed by atoms with Crippen LogP contribution in [0.4, 0.5) is 0 Å². The van der Waals surface area contributed by atoms with Gasteiger partial charge in [0, 0.05) is 30.6 Å². The van der Waals surface area contributed by atoms with Gasteiger partial charge < -0.3 is 10.2 Å². The van der Waals surface area contributed by atoms with E-state index in [1.807, 2.05) is 17.0 Å². The SMILES string of the molecule is O=C(NC1C2CC3CC(C2)CC1C3)C1CCN(C2=NS(=O)(=O)c3ccccc32)CC1. The third-order valence-corrected chi connectivity index (χ3v) is 9.64. The second-order valence-corrected chi connectivity index (χ2v) is 11.7. The Morgan fingerprint density at radius 2 is 1.60 bits per heavy atom. The number of hydrogen-bond acceptors (Lipinski definition) is 4. The lowest BCUT2D eigenvalue weighted by Gasteiger charge is -2.54. The number of nitrogens with zero attached hydrogens (tertiary/aromatic N) is 2. The van der Waals surface area contributed by atoms with Crippen molar-refractivity contribution in [2.24, 2.45) is 34.0 Å². The average Bonchev–Trinajstić information content (AvgIpc) is 3.01. The Balaban J connectivity index is 1.10. The molecule has 1 N–H and O–H groups in total. The molecule has 1 aromatic rings. The molecule has 160 valence electrons. The van der Waals surface area contributed by atoms with Crippen LogP contribution in [0.1, 0.15) is 50.5 Å². The maximum Gasteiger partial charge on any atom is 0.285 e. The molecule has 0 radical (unpaired) electrons. The number of nitrogens with one attached hydrogen (secondary N) is 1. The van der Waals surface area contributed by atoms with Crippen molar-refractivity contribution >= 4 is 21.8 Å². The molecule has 0 atom stereocenters. The minimum absolute atomic E-state index is 0.0206. The molecule has 0 spiro atoms. The Labute approximate surface area is 178 Å². The van der Waals surface area contributed by atoms with Crippen molar-refractivity contribution in [1.29, 1.82) is 0 Å². The number of carbonyl (C=O) groups is 1. The number of rotatable bonds is 2. The Hall–Kier alpha value is -1.89. The molecule has 1 amide bonds. The molecule has 30 heavy (non-hydrogen) atoms. The van der Waals surface area contributed by atoms with Crippen molar-refractivity contribution in [2.45, 2.75) is 55.9 Å². The van der Waals surface area contributed by atoms with Crippen molar-refractivity contribution < 1.29 is 13.2 Å². The van der Waals surface area contributed by atoms with E-state index >= 15 is 0 Å². The largest absolute Gasteiger partial charge is 0.355 e. The lowest BCUT2D eigenvalue weighted by atomic mass is 9.54. The van der Waals surface area contributed by atoms with Gasteiger partial charge in [0.25, 0.3) is 10.0 Å². The molecule has 6 aliphatic rings. The van der Waals surface area contributed by atoms with Crippen LogP contribution >= 0.6 is 0 Å². The predicted octanol–water partition coefficient (Wildman–Crippen LogP) is 2.79. The van der Waals surface area contributed by atoms with Crippen LogP contribution in [0.15, 0.2) is 33.6 Å². The molecule has 5 fully saturated rings. The zero-order chi connectivity index (χ0) is 20.5. The van der Waals surface area contributed by atoms with Crippen LogP contribution in [0.3, 0.4) is 0 Å². The molecule has 1 saturated heterocycles. The van der Waals surface area contributed by atoms with Crippen LogP contribution in [0, 0.1) is 29.6 Å². The minimum Gasteiger partial charge on any atom is -0.355 e. The van der Waals surface area contributed by atoms with E-state index in [0.717, 1.165) is 24.7 Å². The van der Waals surface area contributed by atoms with Crippen molar-refractivity contribution in [3.63, 3.8) is 0 Å². The molecular weight excluding hydrogens is 398 g/mol. The second-order valence-electron chi connectivity index (χ2n) is 10.1. The number of carbonyl (C=O) groups excluding carboxylic acids is 1. The highest BCUT2D eigenvalue weighted by Crippen LogP contribution is 2.53. The number of amidine groups is 1. The highest BCUT2D eigenvalue weighted by atomic mass is 32.2. The van der Waals surface area contributed by atoms with E-state index in [1.165, 1.54) is 32.1 Å². The van der Waals surface area contributed by atoms with Crippen molar-refractivity contribution in [2.75, 3.05) is 13.1 Å². The van der Waals surface area contributed by atoms with E-state index in [2.05, 4.69) is 9.71 Å². The third-order valence-electron chi connectivity index (χ3n) is 8.31. The summed E-state index contributed by atoms with van der Waals surface area (Å²) in [5.41, 5.74) is 0.689. The molecule has 7 heteroatoms. The van der Waals surface area contributed by atoms with Gasteiger partial charge in [-0.15, -0.1) is 4.40 Å². The molecule has 0 unspecified atom stereocenters. The molecular formula is C23H29N3O3S. The van der Waals surface area contributed by atoms with Gasteiger partial charge in [0.1, 0.15) is 4.90 Å². The zero-order valence-electron chi connectivity index (χ0n) is 17.2. The highest BCUT2D eigenvalue weighted by Gasteiger charge is 2.49. The molecule has 6 nitrogen and oxygen atoms in total. The fraction of sp³-hybridized carbons (Fsp3) is 0.652. The summed E-state index contributed by atoms with van der Waals surface area (Å²) in [7, 11) is -3.60. The van der Waals surface area contributed by atoms with E-state index in [-0.39, 0.29) is 11.8 Å². The van der Waals surface area contributed by atoms with E-state index in [4.69, 9.17) is 0 Å². The standard InChI is InChI=1S/C23H29N3O3S/c27-23(24-21-17-10-14-9-15(12-17)13-18(21)11-14)16-5-7-26(8-6-16)22-19-3-1-2-4-20(19)30(28,29)25-22/h1-4,14-18,21H,5-13H2,(H,24,27). The summed E-state index contributed by atoms with van der Waals surface area (Å²) in [4.78, 5) is 15.4. The van der Waals surface area contributed by atoms with Gasteiger partial charge >= 0.3 is 0 Å². The first kappa shape index (κ1) is 18.8. The second kappa shape index (κ2) is 6.81. The van der Waals surface area contributed by atoms with Crippen LogP contribution in [0.25, 0.3) is 0 Å². The quantitative estimate of drug-likeness (QED) is 0.787. The molecule has 1 aromatic carbocycles. The van der Waals surface area contributed by atoms with Crippen molar-refractivity contribution in [3.05, 3.63) is 29.8 Å². The Kier molecular flexibility index (Phi) is 4.28. The maximum atomic E-state index is 13.1. The van der Waals surface area contributed by atoms with Crippen LogP contribution < -0.4 is 5.32 Å².